The van der Waals surface area contributed by atoms with E-state index in [4.69, 9.17) is 0 Å². The van der Waals surface area contributed by atoms with E-state index in [1.165, 1.54) is 12.4 Å². The van der Waals surface area contributed by atoms with Crippen molar-refractivity contribution in [3.63, 3.8) is 0 Å². The van der Waals surface area contributed by atoms with Crippen LogP contribution in [0.25, 0.3) is 11.4 Å². The molecule has 0 radical (unpaired) electrons. The topological polar surface area (TPSA) is 17.8 Å². The van der Waals surface area contributed by atoms with Crippen molar-refractivity contribution in [2.45, 2.75) is 4.96 Å². The molecule has 1 aromatic carbocycles. The van der Waals surface area contributed by atoms with Crippen LogP contribution in [0.15, 0.2) is 42.7 Å². The first-order chi connectivity index (χ1) is 7.09. The molecule has 2 nitrogen and oxygen atoms in total. The minimum atomic E-state index is -3.12. The Morgan fingerprint density at radius 3 is 2.47 bits per heavy atom. The van der Waals surface area contributed by atoms with Gasteiger partial charge in [0.05, 0.1) is 0 Å². The molecule has 1 aromatic heterocycles. The number of nitrogens with zero attached hydrogens (tertiary/aromatic N) is 2. The van der Waals surface area contributed by atoms with Gasteiger partial charge in [0.15, 0.2) is 0 Å². The summed E-state index contributed by atoms with van der Waals surface area (Å²) in [5.41, 5.74) is 0.654. The van der Waals surface area contributed by atoms with Crippen LogP contribution < -0.4 is 0 Å². The monoisotopic (exact) mass is 272 g/mol. The summed E-state index contributed by atoms with van der Waals surface area (Å²) < 4.78 is 26.9. The van der Waals surface area contributed by atoms with Crippen molar-refractivity contribution < 1.29 is 8.78 Å². The Hall–Kier alpha value is -1.23. The molecule has 0 bridgehead atoms. The fraction of sp³-hybridized carbons (Fsp3) is 0.100. The van der Waals surface area contributed by atoms with Crippen molar-refractivity contribution in [1.29, 1.82) is 0 Å². The van der Waals surface area contributed by atoms with Gasteiger partial charge in [-0.2, -0.15) is 8.78 Å². The number of hydrogen-bond donors (Lipinski definition) is 0. The van der Waals surface area contributed by atoms with E-state index in [0.717, 1.165) is 4.57 Å². The summed E-state index contributed by atoms with van der Waals surface area (Å²) in [4.78, 5) is 0.789. The second-order valence-corrected chi connectivity index (χ2v) is 3.91. The lowest BCUT2D eigenvalue weighted by molar-refractivity contribution is 0.0348. The van der Waals surface area contributed by atoms with E-state index < -0.39 is 4.96 Å². The highest BCUT2D eigenvalue weighted by Gasteiger charge is 2.29. The Labute approximate surface area is 93.7 Å². The van der Waals surface area contributed by atoms with E-state index >= 15 is 0 Å². The predicted molar refractivity (Wildman–Crippen MR) is 56.8 cm³/mol. The number of halogens is 3. The molecule has 15 heavy (non-hydrogen) atoms. The smallest absolute Gasteiger partial charge is 0.261 e. The van der Waals surface area contributed by atoms with Crippen molar-refractivity contribution in [3.05, 3.63) is 42.7 Å². The van der Waals surface area contributed by atoms with Crippen LogP contribution in [0.5, 0.6) is 0 Å². The summed E-state index contributed by atoms with van der Waals surface area (Å²) in [6.07, 6.45) is 2.58. The molecule has 0 N–H and O–H groups in total. The van der Waals surface area contributed by atoms with Crippen LogP contribution in [0.4, 0.5) is 8.78 Å². The van der Waals surface area contributed by atoms with Gasteiger partial charge < -0.3 is 0 Å². The molecule has 1 heterocycles. The molecule has 0 saturated carbocycles. The van der Waals surface area contributed by atoms with E-state index in [9.17, 15) is 8.78 Å². The van der Waals surface area contributed by atoms with Gasteiger partial charge in [-0.25, -0.2) is 4.98 Å². The molecule has 0 amide bonds. The molecule has 0 fully saturated rings. The SMILES string of the molecule is FC(F)(Br)n1ccnc1-c1ccccc1. The normalized spacial score (nSPS) is 11.7. The lowest BCUT2D eigenvalue weighted by atomic mass is 10.2. The maximum absolute atomic E-state index is 13.1. The third-order valence-corrected chi connectivity index (χ3v) is 2.33. The molecular formula is C10H7BrF2N2. The minimum Gasteiger partial charge on any atom is -0.261 e. The van der Waals surface area contributed by atoms with Crippen molar-refractivity contribution in [1.82, 2.24) is 9.55 Å². The fourth-order valence-electron chi connectivity index (χ4n) is 1.31. The van der Waals surface area contributed by atoms with Gasteiger partial charge in [0.1, 0.15) is 5.82 Å². The van der Waals surface area contributed by atoms with Crippen LogP contribution in [0.3, 0.4) is 0 Å². The van der Waals surface area contributed by atoms with E-state index in [1.54, 1.807) is 24.3 Å². The Morgan fingerprint density at radius 2 is 1.87 bits per heavy atom. The Kier molecular flexibility index (Phi) is 2.56. The van der Waals surface area contributed by atoms with Gasteiger partial charge in [-0.1, -0.05) is 30.3 Å². The molecule has 0 aliphatic heterocycles. The maximum atomic E-state index is 13.1. The Balaban J connectivity index is 2.51. The van der Waals surface area contributed by atoms with Crippen LogP contribution in [-0.2, 0) is 4.96 Å². The zero-order valence-corrected chi connectivity index (χ0v) is 9.16. The molecule has 0 atom stereocenters. The fourth-order valence-corrected chi connectivity index (χ4v) is 1.60. The number of benzene rings is 1. The number of aromatic nitrogens is 2. The van der Waals surface area contributed by atoms with Gasteiger partial charge in [0, 0.05) is 33.9 Å². The third-order valence-electron chi connectivity index (χ3n) is 1.95. The van der Waals surface area contributed by atoms with Gasteiger partial charge >= 0.3 is 4.96 Å². The van der Waals surface area contributed by atoms with Crippen LogP contribution in [0, 0.1) is 0 Å². The van der Waals surface area contributed by atoms with Gasteiger partial charge in [-0.05, 0) is 0 Å². The van der Waals surface area contributed by atoms with Crippen molar-refractivity contribution in [2.75, 3.05) is 0 Å². The highest BCUT2D eigenvalue weighted by molar-refractivity contribution is 9.09. The number of rotatable bonds is 2. The Bertz CT molecular complexity index is 448. The molecule has 78 valence electrons. The third kappa shape index (κ3) is 2.07. The number of hydrogen-bond acceptors (Lipinski definition) is 1. The van der Waals surface area contributed by atoms with Gasteiger partial charge in [-0.15, -0.1) is 0 Å². The van der Waals surface area contributed by atoms with Crippen LogP contribution in [-0.4, -0.2) is 9.55 Å². The molecule has 0 aliphatic rings. The minimum absolute atomic E-state index is 0.234. The van der Waals surface area contributed by atoms with E-state index in [2.05, 4.69) is 20.9 Å². The van der Waals surface area contributed by atoms with Crippen LogP contribution in [0.1, 0.15) is 0 Å². The van der Waals surface area contributed by atoms with Gasteiger partial charge in [0.2, 0.25) is 0 Å². The average Bonchev–Trinajstić information content (AvgIpc) is 2.67. The first-order valence-electron chi connectivity index (χ1n) is 4.25. The lowest BCUT2D eigenvalue weighted by Crippen LogP contribution is -2.14. The summed E-state index contributed by atoms with van der Waals surface area (Å²) in [7, 11) is 0. The average molecular weight is 273 g/mol. The van der Waals surface area contributed by atoms with E-state index in [0.29, 0.717) is 5.56 Å². The van der Waals surface area contributed by atoms with Crippen LogP contribution in [0.2, 0.25) is 0 Å². The molecule has 5 heteroatoms. The quantitative estimate of drug-likeness (QED) is 0.766. The molecule has 0 spiro atoms. The summed E-state index contributed by atoms with van der Waals surface area (Å²) >= 11 is 2.30. The molecular weight excluding hydrogens is 266 g/mol. The summed E-state index contributed by atoms with van der Waals surface area (Å²) in [5.74, 6) is 0.234. The Morgan fingerprint density at radius 1 is 1.20 bits per heavy atom. The first kappa shape index (κ1) is 10.3. The number of alkyl halides is 3. The van der Waals surface area contributed by atoms with Crippen molar-refractivity contribution in [2.24, 2.45) is 0 Å². The zero-order valence-electron chi connectivity index (χ0n) is 7.57. The second-order valence-electron chi connectivity index (χ2n) is 2.95. The molecule has 0 unspecified atom stereocenters. The molecule has 2 rings (SSSR count). The summed E-state index contributed by atoms with van der Waals surface area (Å²) in [6.45, 7) is 0. The van der Waals surface area contributed by atoms with Crippen LogP contribution >= 0.6 is 15.9 Å². The largest absolute Gasteiger partial charge is 0.388 e. The lowest BCUT2D eigenvalue weighted by Gasteiger charge is -2.12. The van der Waals surface area contributed by atoms with E-state index in [1.807, 2.05) is 6.07 Å². The molecule has 0 saturated heterocycles. The van der Waals surface area contributed by atoms with Crippen molar-refractivity contribution >= 4 is 15.9 Å². The summed E-state index contributed by atoms with van der Waals surface area (Å²) in [6, 6.07) is 8.85. The van der Waals surface area contributed by atoms with Gasteiger partial charge in [-0.3, -0.25) is 4.57 Å². The molecule has 0 aliphatic carbocycles. The van der Waals surface area contributed by atoms with E-state index in [-0.39, 0.29) is 5.82 Å². The molecule has 2 aromatic rings. The maximum Gasteiger partial charge on any atom is 0.388 e. The second kappa shape index (κ2) is 3.73. The highest BCUT2D eigenvalue weighted by atomic mass is 79.9. The standard InChI is InChI=1S/C10H7BrF2N2/c11-10(12,13)15-7-6-14-9(15)8-4-2-1-3-5-8/h1-7H. The first-order valence-corrected chi connectivity index (χ1v) is 5.04. The highest BCUT2D eigenvalue weighted by Crippen LogP contribution is 2.32. The number of imidazole rings is 1. The predicted octanol–water partition coefficient (Wildman–Crippen LogP) is 3.45. The zero-order chi connectivity index (χ0) is 10.9. The van der Waals surface area contributed by atoms with Crippen molar-refractivity contribution in [3.8, 4) is 11.4 Å². The summed E-state index contributed by atoms with van der Waals surface area (Å²) in [5, 5.41) is 0. The van der Waals surface area contributed by atoms with Gasteiger partial charge in [0.25, 0.3) is 0 Å².